The maximum Gasteiger partial charge on any atom is 0.338 e. The van der Waals surface area contributed by atoms with Gasteiger partial charge < -0.3 is 14.9 Å². The number of thiophene rings is 1. The topological polar surface area (TPSA) is 66.8 Å². The first kappa shape index (κ1) is 14.1. The van der Waals surface area contributed by atoms with Crippen LogP contribution in [0.15, 0.2) is 14.3 Å². The first-order valence-electron chi connectivity index (χ1n) is 4.44. The SMILES string of the molecule is CCOC(=O)C(O)C(O)c1cc(Br)c(Br)s1. The molecule has 0 spiro atoms. The third kappa shape index (κ3) is 3.27. The minimum atomic E-state index is -1.56. The van der Waals surface area contributed by atoms with E-state index in [9.17, 15) is 15.0 Å². The van der Waals surface area contributed by atoms with Gasteiger partial charge in [0.1, 0.15) is 6.10 Å². The number of aliphatic hydroxyl groups is 2. The second-order valence-electron chi connectivity index (χ2n) is 2.91. The monoisotopic (exact) mass is 372 g/mol. The number of esters is 1. The Hall–Kier alpha value is 0.0500. The summed E-state index contributed by atoms with van der Waals surface area (Å²) in [5, 5.41) is 19.3. The average molecular weight is 374 g/mol. The third-order valence-corrected chi connectivity index (χ3v) is 5.11. The zero-order chi connectivity index (χ0) is 12.3. The van der Waals surface area contributed by atoms with Gasteiger partial charge in [0, 0.05) is 9.35 Å². The predicted octanol–water partition coefficient (Wildman–Crippen LogP) is 2.23. The van der Waals surface area contributed by atoms with Crippen LogP contribution in [0.2, 0.25) is 0 Å². The van der Waals surface area contributed by atoms with E-state index in [2.05, 4.69) is 36.6 Å². The number of carbonyl (C=O) groups is 1. The van der Waals surface area contributed by atoms with E-state index in [1.54, 1.807) is 13.0 Å². The van der Waals surface area contributed by atoms with E-state index in [1.165, 1.54) is 11.3 Å². The highest BCUT2D eigenvalue weighted by atomic mass is 79.9. The molecule has 0 aliphatic carbocycles. The van der Waals surface area contributed by atoms with Crippen LogP contribution in [0.3, 0.4) is 0 Å². The van der Waals surface area contributed by atoms with Gasteiger partial charge in [0.15, 0.2) is 6.10 Å². The lowest BCUT2D eigenvalue weighted by molar-refractivity contribution is -0.159. The van der Waals surface area contributed by atoms with Gasteiger partial charge >= 0.3 is 5.97 Å². The fourth-order valence-electron chi connectivity index (χ4n) is 1.02. The van der Waals surface area contributed by atoms with Crippen LogP contribution in [-0.4, -0.2) is 28.9 Å². The molecule has 16 heavy (non-hydrogen) atoms. The van der Waals surface area contributed by atoms with Crippen molar-refractivity contribution < 1.29 is 19.7 Å². The zero-order valence-corrected chi connectivity index (χ0v) is 12.3. The standard InChI is InChI=1S/C9H10Br2O4S/c1-2-15-9(14)7(13)6(12)5-3-4(10)8(11)16-5/h3,6-7,12-13H,2H2,1H3. The molecule has 1 aromatic rings. The molecule has 0 amide bonds. The summed E-state index contributed by atoms with van der Waals surface area (Å²) in [7, 11) is 0. The highest BCUT2D eigenvalue weighted by Gasteiger charge is 2.28. The molecule has 0 saturated heterocycles. The molecule has 2 N–H and O–H groups in total. The molecule has 0 radical (unpaired) electrons. The Morgan fingerprint density at radius 2 is 2.19 bits per heavy atom. The molecule has 1 rings (SSSR count). The number of ether oxygens (including phenoxy) is 1. The van der Waals surface area contributed by atoms with Crippen molar-refractivity contribution in [2.75, 3.05) is 6.61 Å². The summed E-state index contributed by atoms with van der Waals surface area (Å²) in [6.45, 7) is 1.80. The van der Waals surface area contributed by atoms with E-state index in [-0.39, 0.29) is 6.61 Å². The Labute approximate surface area is 113 Å². The fraction of sp³-hybridized carbons (Fsp3) is 0.444. The van der Waals surface area contributed by atoms with Gasteiger partial charge in [-0.2, -0.15) is 0 Å². The lowest BCUT2D eigenvalue weighted by Crippen LogP contribution is -2.29. The predicted molar refractivity (Wildman–Crippen MR) is 67.3 cm³/mol. The summed E-state index contributed by atoms with van der Waals surface area (Å²) in [6, 6.07) is 1.64. The summed E-state index contributed by atoms with van der Waals surface area (Å²) in [6.07, 6.45) is -2.83. The van der Waals surface area contributed by atoms with Crippen molar-refractivity contribution in [1.82, 2.24) is 0 Å². The summed E-state index contributed by atoms with van der Waals surface area (Å²) < 4.78 is 6.17. The van der Waals surface area contributed by atoms with Gasteiger partial charge in [-0.3, -0.25) is 0 Å². The number of aliphatic hydroxyl groups excluding tert-OH is 2. The van der Waals surface area contributed by atoms with E-state index in [0.29, 0.717) is 4.88 Å². The first-order valence-corrected chi connectivity index (χ1v) is 6.85. The fourth-order valence-corrected chi connectivity index (χ4v) is 3.13. The van der Waals surface area contributed by atoms with Crippen LogP contribution >= 0.6 is 43.2 Å². The molecule has 0 aliphatic heterocycles. The van der Waals surface area contributed by atoms with Gasteiger partial charge in [-0.15, -0.1) is 11.3 Å². The molecule has 1 aromatic heterocycles. The molecule has 1 heterocycles. The number of carbonyl (C=O) groups excluding carboxylic acids is 1. The number of halogens is 2. The lowest BCUT2D eigenvalue weighted by Gasteiger charge is -2.14. The summed E-state index contributed by atoms with van der Waals surface area (Å²) in [5.74, 6) is -0.823. The highest BCUT2D eigenvalue weighted by molar-refractivity contribution is 9.13. The zero-order valence-electron chi connectivity index (χ0n) is 8.31. The molecular weight excluding hydrogens is 364 g/mol. The Morgan fingerprint density at radius 1 is 1.56 bits per heavy atom. The van der Waals surface area contributed by atoms with E-state index < -0.39 is 18.2 Å². The van der Waals surface area contributed by atoms with E-state index in [4.69, 9.17) is 0 Å². The Bertz CT molecular complexity index is 360. The van der Waals surface area contributed by atoms with E-state index >= 15 is 0 Å². The summed E-state index contributed by atoms with van der Waals surface area (Å²) in [5.41, 5.74) is 0. The van der Waals surface area contributed by atoms with Crippen molar-refractivity contribution in [3.05, 3.63) is 19.2 Å². The molecule has 0 aliphatic rings. The average Bonchev–Trinajstić information content (AvgIpc) is 2.57. The number of hydrogen-bond acceptors (Lipinski definition) is 5. The van der Waals surface area contributed by atoms with Crippen LogP contribution in [0, 0.1) is 0 Å². The molecule has 4 nitrogen and oxygen atoms in total. The lowest BCUT2D eigenvalue weighted by atomic mass is 10.2. The van der Waals surface area contributed by atoms with Crippen molar-refractivity contribution in [1.29, 1.82) is 0 Å². The number of hydrogen-bond donors (Lipinski definition) is 2. The third-order valence-electron chi connectivity index (χ3n) is 1.78. The Kier molecular flexibility index (Phi) is 5.39. The molecule has 0 aromatic carbocycles. The molecule has 7 heteroatoms. The van der Waals surface area contributed by atoms with Crippen LogP contribution in [0.5, 0.6) is 0 Å². The van der Waals surface area contributed by atoms with Crippen molar-refractivity contribution in [2.24, 2.45) is 0 Å². The van der Waals surface area contributed by atoms with Crippen LogP contribution in [0.4, 0.5) is 0 Å². The largest absolute Gasteiger partial charge is 0.464 e. The first-order chi connectivity index (χ1) is 7.47. The molecule has 0 fully saturated rings. The van der Waals surface area contributed by atoms with Crippen LogP contribution < -0.4 is 0 Å². The number of rotatable bonds is 4. The molecular formula is C9H10Br2O4S. The van der Waals surface area contributed by atoms with Crippen molar-refractivity contribution in [3.8, 4) is 0 Å². The van der Waals surface area contributed by atoms with Gasteiger partial charge in [-0.05, 0) is 44.8 Å². The van der Waals surface area contributed by atoms with Crippen LogP contribution in [0.1, 0.15) is 17.9 Å². The van der Waals surface area contributed by atoms with Gasteiger partial charge in [-0.1, -0.05) is 0 Å². The van der Waals surface area contributed by atoms with Crippen LogP contribution in [0.25, 0.3) is 0 Å². The molecule has 0 bridgehead atoms. The Balaban J connectivity index is 2.77. The summed E-state index contributed by atoms with van der Waals surface area (Å²) in [4.78, 5) is 11.7. The summed E-state index contributed by atoms with van der Waals surface area (Å²) >= 11 is 7.76. The van der Waals surface area contributed by atoms with E-state index in [1.807, 2.05) is 0 Å². The minimum Gasteiger partial charge on any atom is -0.464 e. The van der Waals surface area contributed by atoms with Crippen molar-refractivity contribution in [2.45, 2.75) is 19.1 Å². The van der Waals surface area contributed by atoms with Crippen LogP contribution in [-0.2, 0) is 9.53 Å². The molecule has 90 valence electrons. The second-order valence-corrected chi connectivity index (χ2v) is 6.17. The van der Waals surface area contributed by atoms with Gasteiger partial charge in [0.25, 0.3) is 0 Å². The molecule has 2 atom stereocenters. The normalized spacial score (nSPS) is 14.6. The van der Waals surface area contributed by atoms with Gasteiger partial charge in [0.05, 0.1) is 10.4 Å². The van der Waals surface area contributed by atoms with Crippen molar-refractivity contribution in [3.63, 3.8) is 0 Å². The van der Waals surface area contributed by atoms with Crippen molar-refractivity contribution >= 4 is 49.2 Å². The maximum atomic E-state index is 11.2. The van der Waals surface area contributed by atoms with E-state index in [0.717, 1.165) is 8.26 Å². The molecule has 2 unspecified atom stereocenters. The minimum absolute atomic E-state index is 0.167. The smallest absolute Gasteiger partial charge is 0.338 e. The van der Waals surface area contributed by atoms with Gasteiger partial charge in [-0.25, -0.2) is 4.79 Å². The van der Waals surface area contributed by atoms with Gasteiger partial charge in [0.2, 0.25) is 0 Å². The quantitative estimate of drug-likeness (QED) is 0.794. The molecule has 0 saturated carbocycles. The second kappa shape index (κ2) is 6.11. The maximum absolute atomic E-state index is 11.2. The Morgan fingerprint density at radius 3 is 2.62 bits per heavy atom. The highest BCUT2D eigenvalue weighted by Crippen LogP contribution is 2.36.